The van der Waals surface area contributed by atoms with Crippen molar-refractivity contribution in [3.8, 4) is 0 Å². The van der Waals surface area contributed by atoms with Crippen LogP contribution in [0.2, 0.25) is 0 Å². The van der Waals surface area contributed by atoms with Crippen molar-refractivity contribution in [1.29, 1.82) is 0 Å². The van der Waals surface area contributed by atoms with Crippen molar-refractivity contribution in [3.05, 3.63) is 35.8 Å². The number of halogens is 4. The summed E-state index contributed by atoms with van der Waals surface area (Å²) < 4.78 is 2.32. The first-order valence-corrected chi connectivity index (χ1v) is 10.5. The molecule has 0 amide bonds. The Morgan fingerprint density at radius 2 is 1.63 bits per heavy atom. The molecule has 2 aromatic heterocycles. The Kier molecular flexibility index (Phi) is 15.4. The molecule has 1 aliphatic heterocycles. The summed E-state index contributed by atoms with van der Waals surface area (Å²) in [7, 11) is 0. The van der Waals surface area contributed by atoms with Gasteiger partial charge in [0.1, 0.15) is 5.65 Å². The van der Waals surface area contributed by atoms with Gasteiger partial charge in [-0.1, -0.05) is 25.3 Å². The largest absolute Gasteiger partial charge is 0.315 e. The van der Waals surface area contributed by atoms with E-state index in [1.807, 2.05) is 6.20 Å². The van der Waals surface area contributed by atoms with Crippen molar-refractivity contribution >= 4 is 55.3 Å². The average molecular weight is 501 g/mol. The monoisotopic (exact) mass is 499 g/mol. The lowest BCUT2D eigenvalue weighted by Gasteiger charge is -2.27. The second kappa shape index (κ2) is 15.5. The quantitative estimate of drug-likeness (QED) is 0.492. The van der Waals surface area contributed by atoms with Gasteiger partial charge in [0.05, 0.1) is 11.9 Å². The Morgan fingerprint density at radius 3 is 2.43 bits per heavy atom. The number of nitrogens with zero attached hydrogens (tertiary/aromatic N) is 3. The minimum Gasteiger partial charge on any atom is -0.315 e. The summed E-state index contributed by atoms with van der Waals surface area (Å²) in [6.07, 6.45) is 11.6. The van der Waals surface area contributed by atoms with Crippen LogP contribution in [0, 0.1) is 0 Å². The van der Waals surface area contributed by atoms with Gasteiger partial charge in [-0.2, -0.15) is 0 Å². The van der Waals surface area contributed by atoms with E-state index >= 15 is 0 Å². The predicted octanol–water partition coefficient (Wildman–Crippen LogP) is 4.63. The van der Waals surface area contributed by atoms with Gasteiger partial charge in [-0.05, 0) is 50.9 Å². The molecule has 4 rings (SSSR count). The first kappa shape index (κ1) is 29.7. The Morgan fingerprint density at radius 1 is 0.867 bits per heavy atom. The van der Waals surface area contributed by atoms with Gasteiger partial charge in [0.25, 0.3) is 0 Å². The molecule has 5 nitrogen and oxygen atoms in total. The molecule has 0 spiro atoms. The molecule has 0 aromatic carbocycles. The molecule has 0 radical (unpaired) electrons. The SMILES string of the molecule is Cl.Cl.Cl.Cl.c1cc2n3c(cnc3c1)CN(CCCCNCCNC1CCCCC1)C2. The third kappa shape index (κ3) is 8.01. The molecule has 1 saturated carbocycles. The number of pyridine rings is 1. The third-order valence-electron chi connectivity index (χ3n) is 5.87. The zero-order valence-corrected chi connectivity index (χ0v) is 20.8. The predicted molar refractivity (Wildman–Crippen MR) is 135 cm³/mol. The summed E-state index contributed by atoms with van der Waals surface area (Å²) in [5.41, 5.74) is 3.78. The van der Waals surface area contributed by atoms with E-state index in [-0.39, 0.29) is 49.6 Å². The molecule has 0 bridgehead atoms. The van der Waals surface area contributed by atoms with Crippen LogP contribution < -0.4 is 10.6 Å². The van der Waals surface area contributed by atoms with Crippen molar-refractivity contribution in [1.82, 2.24) is 24.9 Å². The van der Waals surface area contributed by atoms with E-state index in [4.69, 9.17) is 0 Å². The van der Waals surface area contributed by atoms with E-state index in [9.17, 15) is 0 Å². The van der Waals surface area contributed by atoms with Crippen LogP contribution in [0.15, 0.2) is 24.4 Å². The number of nitrogens with one attached hydrogen (secondary N) is 2. The maximum absolute atomic E-state index is 4.52. The van der Waals surface area contributed by atoms with Crippen molar-refractivity contribution in [2.75, 3.05) is 26.2 Å². The topological polar surface area (TPSA) is 44.6 Å². The summed E-state index contributed by atoms with van der Waals surface area (Å²) in [4.78, 5) is 7.07. The van der Waals surface area contributed by atoms with E-state index < -0.39 is 0 Å². The van der Waals surface area contributed by atoms with Crippen LogP contribution in [-0.4, -0.2) is 46.5 Å². The summed E-state index contributed by atoms with van der Waals surface area (Å²) in [5, 5.41) is 7.30. The van der Waals surface area contributed by atoms with Gasteiger partial charge in [0.15, 0.2) is 0 Å². The highest BCUT2D eigenvalue weighted by Crippen LogP contribution is 2.20. The molecule has 0 atom stereocenters. The number of hydrogen-bond donors (Lipinski definition) is 2. The van der Waals surface area contributed by atoms with Gasteiger partial charge in [0.2, 0.25) is 0 Å². The average Bonchev–Trinajstić information content (AvgIpc) is 3.09. The highest BCUT2D eigenvalue weighted by Gasteiger charge is 2.18. The molecule has 1 fully saturated rings. The fourth-order valence-electron chi connectivity index (χ4n) is 4.46. The highest BCUT2D eigenvalue weighted by atomic mass is 35.5. The zero-order valence-electron chi connectivity index (χ0n) is 17.6. The van der Waals surface area contributed by atoms with Crippen molar-refractivity contribution in [3.63, 3.8) is 0 Å². The van der Waals surface area contributed by atoms with E-state index in [0.717, 1.165) is 44.4 Å². The van der Waals surface area contributed by atoms with Crippen LogP contribution in [0.3, 0.4) is 0 Å². The molecule has 9 heteroatoms. The highest BCUT2D eigenvalue weighted by molar-refractivity contribution is 5.86. The normalized spacial score (nSPS) is 16.1. The lowest BCUT2D eigenvalue weighted by Crippen LogP contribution is -2.36. The molecule has 2 aliphatic rings. The van der Waals surface area contributed by atoms with Crippen LogP contribution in [0.4, 0.5) is 0 Å². The minimum atomic E-state index is 0. The van der Waals surface area contributed by atoms with Gasteiger partial charge < -0.3 is 10.6 Å². The van der Waals surface area contributed by atoms with Crippen LogP contribution in [0.1, 0.15) is 56.3 Å². The smallest absolute Gasteiger partial charge is 0.137 e. The van der Waals surface area contributed by atoms with Gasteiger partial charge >= 0.3 is 0 Å². The number of imidazole rings is 1. The number of aromatic nitrogens is 2. The van der Waals surface area contributed by atoms with Crippen LogP contribution in [0.25, 0.3) is 5.65 Å². The number of hydrogen-bond acceptors (Lipinski definition) is 4. The summed E-state index contributed by atoms with van der Waals surface area (Å²) in [6.45, 7) is 6.58. The Labute approximate surface area is 205 Å². The molecular weight excluding hydrogens is 464 g/mol. The first-order chi connectivity index (χ1) is 12.9. The van der Waals surface area contributed by atoms with Gasteiger partial charge in [-0.3, -0.25) is 9.30 Å². The standard InChI is InChI=1S/C21H33N5.4ClH/c1-2-7-18(8-3-1)23-13-12-22-11-4-5-14-25-16-19-9-6-10-21-24-15-20(17-25)26(19)21;;;;/h6,9-10,15,18,22-23H,1-5,7-8,11-14,16-17H2;4*1H. The van der Waals surface area contributed by atoms with E-state index in [1.165, 1.54) is 62.9 Å². The maximum atomic E-state index is 4.52. The molecule has 2 N–H and O–H groups in total. The van der Waals surface area contributed by atoms with E-state index in [1.54, 1.807) is 0 Å². The van der Waals surface area contributed by atoms with Crippen LogP contribution >= 0.6 is 49.6 Å². The number of rotatable bonds is 9. The summed E-state index contributed by atoms with van der Waals surface area (Å²) >= 11 is 0. The van der Waals surface area contributed by atoms with Gasteiger partial charge in [0, 0.05) is 37.9 Å². The molecule has 174 valence electrons. The second-order valence-corrected chi connectivity index (χ2v) is 7.92. The Bertz CT molecular complexity index is 706. The fourth-order valence-corrected chi connectivity index (χ4v) is 4.46. The molecule has 1 aliphatic carbocycles. The second-order valence-electron chi connectivity index (χ2n) is 7.92. The molecule has 0 unspecified atom stereocenters. The first-order valence-electron chi connectivity index (χ1n) is 10.5. The molecule has 3 heterocycles. The van der Waals surface area contributed by atoms with Crippen molar-refractivity contribution < 1.29 is 0 Å². The number of unbranched alkanes of at least 4 members (excludes halogenated alkanes) is 1. The molecule has 2 aromatic rings. The summed E-state index contributed by atoms with van der Waals surface area (Å²) in [6, 6.07) is 7.22. The van der Waals surface area contributed by atoms with Crippen LogP contribution in [-0.2, 0) is 13.1 Å². The van der Waals surface area contributed by atoms with Crippen molar-refractivity contribution in [2.24, 2.45) is 0 Å². The van der Waals surface area contributed by atoms with E-state index in [2.05, 4.69) is 43.1 Å². The molecular formula is C21H37Cl4N5. The minimum absolute atomic E-state index is 0. The third-order valence-corrected chi connectivity index (χ3v) is 5.87. The molecule has 30 heavy (non-hydrogen) atoms. The van der Waals surface area contributed by atoms with Gasteiger partial charge in [-0.25, -0.2) is 4.98 Å². The molecule has 0 saturated heterocycles. The summed E-state index contributed by atoms with van der Waals surface area (Å²) in [5.74, 6) is 0. The van der Waals surface area contributed by atoms with Crippen molar-refractivity contribution in [2.45, 2.75) is 64.1 Å². The van der Waals surface area contributed by atoms with E-state index in [0.29, 0.717) is 0 Å². The van der Waals surface area contributed by atoms with Crippen LogP contribution in [0.5, 0.6) is 0 Å². The Balaban J connectivity index is 0.00000210. The Hall–Kier alpha value is -0.270. The lowest BCUT2D eigenvalue weighted by molar-refractivity contribution is 0.229. The van der Waals surface area contributed by atoms with Gasteiger partial charge in [-0.15, -0.1) is 49.6 Å². The zero-order chi connectivity index (χ0) is 17.6. The maximum Gasteiger partial charge on any atom is 0.137 e. The lowest BCUT2D eigenvalue weighted by atomic mass is 9.95. The fraction of sp³-hybridized carbons (Fsp3) is 0.667.